The monoisotopic (exact) mass is 282 g/mol. The van der Waals surface area contributed by atoms with E-state index < -0.39 is 10.8 Å². The molecule has 2 heterocycles. The summed E-state index contributed by atoms with van der Waals surface area (Å²) in [7, 11) is 0. The van der Waals surface area contributed by atoms with Crippen molar-refractivity contribution >= 4 is 11.6 Å². The van der Waals surface area contributed by atoms with Crippen molar-refractivity contribution in [2.24, 2.45) is 0 Å². The molecule has 0 unspecified atom stereocenters. The van der Waals surface area contributed by atoms with Crippen LogP contribution in [0.4, 0.5) is 5.69 Å². The largest absolute Gasteiger partial charge is 0.372 e. The Balaban J connectivity index is 2.28. The molecule has 1 fully saturated rings. The second-order valence-electron chi connectivity index (χ2n) is 4.94. The maximum atomic E-state index is 12.4. The number of hydrogen-bond acceptors (Lipinski definition) is 5. The lowest BCUT2D eigenvalue weighted by molar-refractivity contribution is -0.385. The highest BCUT2D eigenvalue weighted by Crippen LogP contribution is 2.21. The van der Waals surface area contributed by atoms with Crippen LogP contribution in [-0.4, -0.2) is 50.8 Å². The van der Waals surface area contributed by atoms with Gasteiger partial charge in [-0.3, -0.25) is 19.6 Å². The molecule has 8 nitrogen and oxygen atoms in total. The van der Waals surface area contributed by atoms with E-state index in [1.54, 1.807) is 4.90 Å². The highest BCUT2D eigenvalue weighted by atomic mass is 16.6. The number of rotatable bonds is 3. The van der Waals surface area contributed by atoms with E-state index in [1.807, 2.05) is 20.8 Å². The maximum Gasteiger partial charge on any atom is 0.320 e. The van der Waals surface area contributed by atoms with E-state index in [2.05, 4.69) is 5.10 Å². The summed E-state index contributed by atoms with van der Waals surface area (Å²) >= 11 is 0. The van der Waals surface area contributed by atoms with E-state index in [-0.39, 0.29) is 23.6 Å². The fraction of sp³-hybridized carbons (Fsp3) is 0.667. The van der Waals surface area contributed by atoms with Crippen molar-refractivity contribution in [2.75, 3.05) is 13.1 Å². The molecule has 1 aromatic rings. The number of morpholine rings is 1. The number of amides is 1. The molecule has 0 radical (unpaired) electrons. The summed E-state index contributed by atoms with van der Waals surface area (Å²) in [6.07, 6.45) is 1.12. The van der Waals surface area contributed by atoms with Gasteiger partial charge in [-0.25, -0.2) is 0 Å². The minimum atomic E-state index is -0.570. The summed E-state index contributed by atoms with van der Waals surface area (Å²) in [5.74, 6) is -0.411. The van der Waals surface area contributed by atoms with Crippen molar-refractivity contribution in [3.63, 3.8) is 0 Å². The molecule has 1 amide bonds. The number of nitro groups is 1. The highest BCUT2D eigenvalue weighted by molar-refractivity contribution is 5.96. The van der Waals surface area contributed by atoms with Crippen molar-refractivity contribution in [1.29, 1.82) is 0 Å². The van der Waals surface area contributed by atoms with Crippen molar-refractivity contribution in [3.05, 3.63) is 22.0 Å². The first-order valence-corrected chi connectivity index (χ1v) is 6.59. The molecule has 1 aromatic heterocycles. The summed E-state index contributed by atoms with van der Waals surface area (Å²) in [5.41, 5.74) is -0.346. The predicted octanol–water partition coefficient (Wildman–Crippen LogP) is 1.06. The van der Waals surface area contributed by atoms with E-state index in [0.717, 1.165) is 0 Å². The quantitative estimate of drug-likeness (QED) is 0.610. The van der Waals surface area contributed by atoms with Crippen LogP contribution in [0.15, 0.2) is 6.20 Å². The molecule has 0 aliphatic carbocycles. The standard InChI is InChI=1S/C12H18N4O4/c1-4-15-7-10(16(18)19)11(13-15)12(17)14-5-8(2)20-9(3)6-14/h7-9H,4-6H2,1-3H3/t8-,9+. The van der Waals surface area contributed by atoms with Crippen molar-refractivity contribution in [3.8, 4) is 0 Å². The van der Waals surface area contributed by atoms with Crippen LogP contribution in [0.2, 0.25) is 0 Å². The van der Waals surface area contributed by atoms with Gasteiger partial charge in [0.15, 0.2) is 0 Å². The van der Waals surface area contributed by atoms with Crippen molar-refractivity contribution < 1.29 is 14.5 Å². The SMILES string of the molecule is CCn1cc([N+](=O)[O-])c(C(=O)N2C[C@@H](C)O[C@@H](C)C2)n1. The van der Waals surface area contributed by atoms with Gasteiger partial charge < -0.3 is 9.64 Å². The van der Waals surface area contributed by atoms with Gasteiger partial charge in [-0.05, 0) is 20.8 Å². The van der Waals surface area contributed by atoms with Crippen LogP contribution in [0, 0.1) is 10.1 Å². The number of carbonyl (C=O) groups excluding carboxylic acids is 1. The molecular formula is C12H18N4O4. The van der Waals surface area contributed by atoms with Crippen LogP contribution in [0.1, 0.15) is 31.3 Å². The number of ether oxygens (including phenoxy) is 1. The van der Waals surface area contributed by atoms with Gasteiger partial charge in [0.05, 0.1) is 17.1 Å². The maximum absolute atomic E-state index is 12.4. The highest BCUT2D eigenvalue weighted by Gasteiger charge is 2.33. The Bertz CT molecular complexity index is 518. The van der Waals surface area contributed by atoms with E-state index in [4.69, 9.17) is 4.74 Å². The normalized spacial score (nSPS) is 22.9. The molecule has 2 atom stereocenters. The zero-order valence-electron chi connectivity index (χ0n) is 11.8. The van der Waals surface area contributed by atoms with E-state index in [0.29, 0.717) is 19.6 Å². The van der Waals surface area contributed by atoms with Gasteiger partial charge in [-0.15, -0.1) is 0 Å². The third-order valence-corrected chi connectivity index (χ3v) is 3.17. The zero-order valence-corrected chi connectivity index (χ0v) is 11.8. The molecule has 8 heteroatoms. The Labute approximate surface area is 116 Å². The third kappa shape index (κ3) is 2.79. The fourth-order valence-electron chi connectivity index (χ4n) is 2.35. The summed E-state index contributed by atoms with van der Waals surface area (Å²) in [5, 5.41) is 15.0. The lowest BCUT2D eigenvalue weighted by atomic mass is 10.2. The molecule has 0 saturated carbocycles. The van der Waals surface area contributed by atoms with Gasteiger partial charge in [-0.2, -0.15) is 5.10 Å². The van der Waals surface area contributed by atoms with Gasteiger partial charge in [0.25, 0.3) is 5.91 Å². The Morgan fingerprint density at radius 3 is 2.60 bits per heavy atom. The first-order chi connectivity index (χ1) is 9.42. The van der Waals surface area contributed by atoms with Gasteiger partial charge in [0, 0.05) is 19.6 Å². The molecular weight excluding hydrogens is 264 g/mol. The first kappa shape index (κ1) is 14.4. The Morgan fingerprint density at radius 2 is 2.10 bits per heavy atom. The Morgan fingerprint density at radius 1 is 1.50 bits per heavy atom. The summed E-state index contributed by atoms with van der Waals surface area (Å²) < 4.78 is 6.95. The van der Waals surface area contributed by atoms with Crippen LogP contribution in [0.5, 0.6) is 0 Å². The molecule has 0 spiro atoms. The lowest BCUT2D eigenvalue weighted by Crippen LogP contribution is -2.48. The van der Waals surface area contributed by atoms with Gasteiger partial charge in [-0.1, -0.05) is 0 Å². The molecule has 0 aromatic carbocycles. The number of nitrogens with zero attached hydrogens (tertiary/aromatic N) is 4. The predicted molar refractivity (Wildman–Crippen MR) is 70.5 cm³/mol. The fourth-order valence-corrected chi connectivity index (χ4v) is 2.35. The number of carbonyl (C=O) groups is 1. The smallest absolute Gasteiger partial charge is 0.320 e. The van der Waals surface area contributed by atoms with E-state index in [1.165, 1.54) is 10.9 Å². The van der Waals surface area contributed by atoms with Gasteiger partial charge in [0.2, 0.25) is 5.69 Å². The topological polar surface area (TPSA) is 90.5 Å². The second kappa shape index (κ2) is 5.58. The molecule has 20 heavy (non-hydrogen) atoms. The molecule has 0 bridgehead atoms. The van der Waals surface area contributed by atoms with Crippen LogP contribution in [0.3, 0.4) is 0 Å². The van der Waals surface area contributed by atoms with Crippen LogP contribution in [0.25, 0.3) is 0 Å². The van der Waals surface area contributed by atoms with Crippen molar-refractivity contribution in [1.82, 2.24) is 14.7 Å². The zero-order chi connectivity index (χ0) is 14.9. The molecule has 1 aliphatic rings. The van der Waals surface area contributed by atoms with Gasteiger partial charge >= 0.3 is 5.69 Å². The summed E-state index contributed by atoms with van der Waals surface area (Å²) in [6.45, 7) is 6.86. The molecule has 2 rings (SSSR count). The number of aryl methyl sites for hydroxylation is 1. The molecule has 1 saturated heterocycles. The van der Waals surface area contributed by atoms with E-state index >= 15 is 0 Å². The minimum Gasteiger partial charge on any atom is -0.372 e. The minimum absolute atomic E-state index is 0.0879. The van der Waals surface area contributed by atoms with Crippen LogP contribution in [-0.2, 0) is 11.3 Å². The number of aromatic nitrogens is 2. The van der Waals surface area contributed by atoms with E-state index in [9.17, 15) is 14.9 Å². The van der Waals surface area contributed by atoms with Crippen LogP contribution >= 0.6 is 0 Å². The van der Waals surface area contributed by atoms with Crippen molar-refractivity contribution in [2.45, 2.75) is 39.5 Å². The summed E-state index contributed by atoms with van der Waals surface area (Å²) in [6, 6.07) is 0. The molecule has 0 N–H and O–H groups in total. The average molecular weight is 282 g/mol. The summed E-state index contributed by atoms with van der Waals surface area (Å²) in [4.78, 5) is 24.5. The molecule has 110 valence electrons. The van der Waals surface area contributed by atoms with Crippen LogP contribution < -0.4 is 0 Å². The number of hydrogen-bond donors (Lipinski definition) is 0. The average Bonchev–Trinajstić information content (AvgIpc) is 2.81. The van der Waals surface area contributed by atoms with Gasteiger partial charge in [0.1, 0.15) is 6.20 Å². The first-order valence-electron chi connectivity index (χ1n) is 6.59. The third-order valence-electron chi connectivity index (χ3n) is 3.17. The molecule has 1 aliphatic heterocycles. The Hall–Kier alpha value is -1.96. The lowest BCUT2D eigenvalue weighted by Gasteiger charge is -2.34. The second-order valence-corrected chi connectivity index (χ2v) is 4.94. The Kier molecular flexibility index (Phi) is 4.03.